The molecule has 1 aliphatic heterocycles. The van der Waals surface area contributed by atoms with E-state index in [1.54, 1.807) is 37.1 Å². The van der Waals surface area contributed by atoms with Gasteiger partial charge in [-0.3, -0.25) is 4.99 Å². The second-order valence-electron chi connectivity index (χ2n) is 5.17. The number of rotatable bonds is 3. The Morgan fingerprint density at radius 2 is 1.88 bits per heavy atom. The number of aliphatic imine (C=N–C) groups is 1. The second-order valence-corrected chi connectivity index (χ2v) is 5.17. The molecule has 0 spiro atoms. The van der Waals surface area contributed by atoms with E-state index in [2.05, 4.69) is 15.2 Å². The van der Waals surface area contributed by atoms with Crippen molar-refractivity contribution in [2.75, 3.05) is 39.8 Å². The molecule has 0 bridgehead atoms. The number of halogens is 2. The molecule has 1 fully saturated rings. The van der Waals surface area contributed by atoms with Gasteiger partial charge in [0, 0.05) is 45.3 Å². The number of nitrogens with one attached hydrogen (secondary N) is 1. The van der Waals surface area contributed by atoms with Crippen molar-refractivity contribution in [3.05, 3.63) is 35.6 Å². The molecule has 0 aliphatic carbocycles. The first-order chi connectivity index (χ1) is 11.2. The lowest BCUT2D eigenvalue weighted by atomic mass is 10.2. The maximum Gasteiger partial charge on any atom is 0.409 e. The Balaban J connectivity index is 0.00000288. The van der Waals surface area contributed by atoms with E-state index < -0.39 is 0 Å². The molecule has 8 heteroatoms. The molecule has 24 heavy (non-hydrogen) atoms. The third-order valence-electron chi connectivity index (χ3n) is 3.71. The zero-order valence-electron chi connectivity index (χ0n) is 14.0. The van der Waals surface area contributed by atoms with Crippen molar-refractivity contribution in [3.8, 4) is 0 Å². The zero-order valence-corrected chi connectivity index (χ0v) is 16.3. The molecule has 2 rings (SSSR count). The Hall–Kier alpha value is -1.58. The van der Waals surface area contributed by atoms with Gasteiger partial charge in [-0.2, -0.15) is 0 Å². The Bertz CT molecular complexity index is 563. The van der Waals surface area contributed by atoms with E-state index >= 15 is 0 Å². The lowest BCUT2D eigenvalue weighted by molar-refractivity contribution is 0.0914. The molecule has 1 amide bonds. The Kier molecular flexibility index (Phi) is 8.80. The SMILES string of the molecule is CCOC(=O)N1CCN(C(=NC)NCc2ccccc2F)CC1.I. The highest BCUT2D eigenvalue weighted by atomic mass is 127. The normalized spacial score (nSPS) is 14.9. The predicted octanol–water partition coefficient (Wildman–Crippen LogP) is 2.29. The molecule has 1 aromatic rings. The average Bonchev–Trinajstić information content (AvgIpc) is 2.57. The van der Waals surface area contributed by atoms with Crippen molar-refractivity contribution in [3.63, 3.8) is 0 Å². The summed E-state index contributed by atoms with van der Waals surface area (Å²) in [7, 11) is 1.70. The maximum atomic E-state index is 13.6. The summed E-state index contributed by atoms with van der Waals surface area (Å²) in [5.41, 5.74) is 0.596. The average molecular weight is 450 g/mol. The highest BCUT2D eigenvalue weighted by molar-refractivity contribution is 14.0. The van der Waals surface area contributed by atoms with Gasteiger partial charge in [0.05, 0.1) is 6.61 Å². The molecule has 1 aliphatic rings. The fourth-order valence-corrected chi connectivity index (χ4v) is 2.46. The highest BCUT2D eigenvalue weighted by Crippen LogP contribution is 2.07. The minimum Gasteiger partial charge on any atom is -0.450 e. The van der Waals surface area contributed by atoms with Crippen LogP contribution in [0.15, 0.2) is 29.3 Å². The van der Waals surface area contributed by atoms with E-state index in [9.17, 15) is 9.18 Å². The maximum absolute atomic E-state index is 13.6. The number of carbonyl (C=O) groups is 1. The first-order valence-corrected chi connectivity index (χ1v) is 7.76. The van der Waals surface area contributed by atoms with Crippen molar-refractivity contribution in [2.45, 2.75) is 13.5 Å². The van der Waals surface area contributed by atoms with E-state index in [0.717, 1.165) is 0 Å². The Morgan fingerprint density at radius 3 is 2.46 bits per heavy atom. The lowest BCUT2D eigenvalue weighted by Gasteiger charge is -2.35. The number of amides is 1. The summed E-state index contributed by atoms with van der Waals surface area (Å²) < 4.78 is 18.7. The molecule has 0 atom stereocenters. The molecule has 1 heterocycles. The number of hydrogen-bond donors (Lipinski definition) is 1. The number of hydrogen-bond acceptors (Lipinski definition) is 3. The highest BCUT2D eigenvalue weighted by Gasteiger charge is 2.23. The van der Waals surface area contributed by atoms with Crippen LogP contribution in [0.4, 0.5) is 9.18 Å². The summed E-state index contributed by atoms with van der Waals surface area (Å²) in [4.78, 5) is 19.7. The van der Waals surface area contributed by atoms with Gasteiger partial charge in [0.1, 0.15) is 5.82 Å². The van der Waals surface area contributed by atoms with Crippen LogP contribution < -0.4 is 5.32 Å². The zero-order chi connectivity index (χ0) is 16.7. The molecule has 1 aromatic carbocycles. The number of piperazine rings is 1. The van der Waals surface area contributed by atoms with Crippen LogP contribution in [0, 0.1) is 5.82 Å². The third kappa shape index (κ3) is 5.50. The van der Waals surface area contributed by atoms with Crippen LogP contribution in [0.25, 0.3) is 0 Å². The standard InChI is InChI=1S/C16H23FN4O2.HI/c1-3-23-16(22)21-10-8-20(9-11-21)15(18-2)19-12-13-6-4-5-7-14(13)17;/h4-7H,3,8-12H2,1-2H3,(H,18,19);1H. The summed E-state index contributed by atoms with van der Waals surface area (Å²) in [5.74, 6) is 0.472. The van der Waals surface area contributed by atoms with Gasteiger partial charge >= 0.3 is 6.09 Å². The molecule has 6 nitrogen and oxygen atoms in total. The summed E-state index contributed by atoms with van der Waals surface area (Å²) >= 11 is 0. The largest absolute Gasteiger partial charge is 0.450 e. The molecule has 0 radical (unpaired) electrons. The first kappa shape index (κ1) is 20.5. The summed E-state index contributed by atoms with van der Waals surface area (Å²) in [6.45, 7) is 5.04. The molecular formula is C16H24FIN4O2. The number of nitrogens with zero attached hydrogens (tertiary/aromatic N) is 3. The molecule has 0 aromatic heterocycles. The van der Waals surface area contributed by atoms with Crippen molar-refractivity contribution in [1.29, 1.82) is 0 Å². The Labute approximate surface area is 159 Å². The van der Waals surface area contributed by atoms with Gasteiger partial charge in [-0.15, -0.1) is 24.0 Å². The Morgan fingerprint density at radius 1 is 1.25 bits per heavy atom. The summed E-state index contributed by atoms with van der Waals surface area (Å²) in [5, 5.41) is 3.17. The predicted molar refractivity (Wildman–Crippen MR) is 102 cm³/mol. The second kappa shape index (κ2) is 10.3. The molecular weight excluding hydrogens is 426 g/mol. The number of benzene rings is 1. The number of ether oxygens (including phenoxy) is 1. The van der Waals surface area contributed by atoms with Crippen LogP contribution >= 0.6 is 24.0 Å². The quantitative estimate of drug-likeness (QED) is 0.437. The fourth-order valence-electron chi connectivity index (χ4n) is 2.46. The van der Waals surface area contributed by atoms with E-state index in [1.165, 1.54) is 6.07 Å². The van der Waals surface area contributed by atoms with Crippen molar-refractivity contribution < 1.29 is 13.9 Å². The molecule has 0 saturated carbocycles. The molecule has 134 valence electrons. The van der Waals surface area contributed by atoms with E-state index in [4.69, 9.17) is 4.74 Å². The summed E-state index contributed by atoms with van der Waals surface area (Å²) in [6, 6.07) is 6.66. The van der Waals surface area contributed by atoms with Crippen LogP contribution in [-0.4, -0.2) is 61.7 Å². The van der Waals surface area contributed by atoms with Crippen molar-refractivity contribution in [2.24, 2.45) is 4.99 Å². The minimum absolute atomic E-state index is 0. The van der Waals surface area contributed by atoms with Crippen LogP contribution in [0.5, 0.6) is 0 Å². The fraction of sp³-hybridized carbons (Fsp3) is 0.500. The van der Waals surface area contributed by atoms with Crippen LogP contribution in [0.2, 0.25) is 0 Å². The molecule has 1 saturated heterocycles. The van der Waals surface area contributed by atoms with Crippen LogP contribution in [0.3, 0.4) is 0 Å². The number of guanidine groups is 1. The lowest BCUT2D eigenvalue weighted by Crippen LogP contribution is -2.53. The smallest absolute Gasteiger partial charge is 0.409 e. The van der Waals surface area contributed by atoms with E-state index in [0.29, 0.717) is 50.9 Å². The molecule has 0 unspecified atom stereocenters. The van der Waals surface area contributed by atoms with Crippen molar-refractivity contribution >= 4 is 36.0 Å². The van der Waals surface area contributed by atoms with Crippen LogP contribution in [0.1, 0.15) is 12.5 Å². The van der Waals surface area contributed by atoms with Crippen molar-refractivity contribution in [1.82, 2.24) is 15.1 Å². The van der Waals surface area contributed by atoms with Gasteiger partial charge < -0.3 is 19.9 Å². The summed E-state index contributed by atoms with van der Waals surface area (Å²) in [6.07, 6.45) is -0.276. The minimum atomic E-state index is -0.276. The first-order valence-electron chi connectivity index (χ1n) is 7.76. The van der Waals surface area contributed by atoms with Gasteiger partial charge in [0.25, 0.3) is 0 Å². The van der Waals surface area contributed by atoms with E-state index in [1.807, 2.05) is 0 Å². The number of carbonyl (C=O) groups excluding carboxylic acids is 1. The van der Waals surface area contributed by atoms with E-state index in [-0.39, 0.29) is 35.9 Å². The van der Waals surface area contributed by atoms with Gasteiger partial charge in [-0.05, 0) is 13.0 Å². The van der Waals surface area contributed by atoms with Gasteiger partial charge in [0.15, 0.2) is 5.96 Å². The third-order valence-corrected chi connectivity index (χ3v) is 3.71. The van der Waals surface area contributed by atoms with Gasteiger partial charge in [-0.25, -0.2) is 9.18 Å². The topological polar surface area (TPSA) is 57.2 Å². The van der Waals surface area contributed by atoms with Gasteiger partial charge in [0.2, 0.25) is 0 Å². The molecule has 1 N–H and O–H groups in total. The monoisotopic (exact) mass is 450 g/mol. The van der Waals surface area contributed by atoms with Crippen LogP contribution in [-0.2, 0) is 11.3 Å². The van der Waals surface area contributed by atoms with Gasteiger partial charge in [-0.1, -0.05) is 18.2 Å².